The van der Waals surface area contributed by atoms with E-state index in [0.29, 0.717) is 22.6 Å². The molecule has 2 atom stereocenters. The van der Waals surface area contributed by atoms with E-state index >= 15 is 0 Å². The summed E-state index contributed by atoms with van der Waals surface area (Å²) in [5.74, 6) is -0.182. The minimum Gasteiger partial charge on any atom is -0.497 e. The van der Waals surface area contributed by atoms with Gasteiger partial charge in [-0.2, -0.15) is 0 Å². The molecule has 0 saturated carbocycles. The summed E-state index contributed by atoms with van der Waals surface area (Å²) in [5.41, 5.74) is 3.59. The highest BCUT2D eigenvalue weighted by Gasteiger charge is 2.42. The van der Waals surface area contributed by atoms with E-state index in [0.717, 1.165) is 16.5 Å². The van der Waals surface area contributed by atoms with Crippen LogP contribution in [0.5, 0.6) is 5.75 Å². The van der Waals surface area contributed by atoms with E-state index in [1.807, 2.05) is 72.8 Å². The third-order valence-electron chi connectivity index (χ3n) is 6.18. The maximum atomic E-state index is 13.7. The van der Waals surface area contributed by atoms with Crippen LogP contribution in [0.25, 0.3) is 10.9 Å². The second-order valence-electron chi connectivity index (χ2n) is 8.10. The molecule has 0 fully saturated rings. The predicted molar refractivity (Wildman–Crippen MR) is 127 cm³/mol. The molecule has 1 N–H and O–H groups in total. The van der Waals surface area contributed by atoms with Gasteiger partial charge in [0.2, 0.25) is 5.91 Å². The first kappa shape index (κ1) is 20.7. The van der Waals surface area contributed by atoms with Crippen LogP contribution in [0.15, 0.2) is 85.1 Å². The summed E-state index contributed by atoms with van der Waals surface area (Å²) in [4.78, 5) is 33.0. The molecule has 1 aromatic heterocycles. The predicted octanol–water partition coefficient (Wildman–Crippen LogP) is 4.79. The minimum absolute atomic E-state index is 0.108. The fraction of sp³-hybridized carbons (Fsp3) is 0.148. The average Bonchev–Trinajstić information content (AvgIpc) is 2.86. The first-order chi connectivity index (χ1) is 16.1. The SMILES string of the molecule is COc1ccc([C@H]2[C@H](C(=O)Nc3cnc4ccccc4c3)c3ccccc3C(=O)N2C)cc1. The third kappa shape index (κ3) is 3.69. The number of carbonyl (C=O) groups excluding carboxylic acids is 2. The van der Waals surface area contributed by atoms with Gasteiger partial charge < -0.3 is 15.0 Å². The fourth-order valence-electron chi connectivity index (χ4n) is 4.53. The summed E-state index contributed by atoms with van der Waals surface area (Å²) in [6.07, 6.45) is 1.66. The van der Waals surface area contributed by atoms with Crippen LogP contribution in [-0.4, -0.2) is 35.9 Å². The number of amides is 2. The molecular weight excluding hydrogens is 414 g/mol. The van der Waals surface area contributed by atoms with E-state index in [1.54, 1.807) is 31.3 Å². The van der Waals surface area contributed by atoms with Crippen molar-refractivity contribution in [1.29, 1.82) is 0 Å². The smallest absolute Gasteiger partial charge is 0.254 e. The zero-order valence-electron chi connectivity index (χ0n) is 18.4. The quantitative estimate of drug-likeness (QED) is 0.498. The molecule has 6 nitrogen and oxygen atoms in total. The normalized spacial score (nSPS) is 17.5. The fourth-order valence-corrected chi connectivity index (χ4v) is 4.53. The molecule has 1 aliphatic heterocycles. The second-order valence-corrected chi connectivity index (χ2v) is 8.10. The van der Waals surface area contributed by atoms with Crippen LogP contribution in [0, 0.1) is 0 Å². The Morgan fingerprint density at radius 3 is 2.52 bits per heavy atom. The standard InChI is InChI=1S/C27H23N3O3/c1-30-25(17-11-13-20(33-2)14-12-17)24(21-8-4-5-9-22(21)27(30)32)26(31)29-19-15-18-7-3-6-10-23(18)28-16-19/h3-16,24-25H,1-2H3,(H,29,31)/t24-,25+/m1/s1. The molecule has 5 rings (SSSR count). The molecule has 3 aromatic carbocycles. The molecule has 33 heavy (non-hydrogen) atoms. The summed E-state index contributed by atoms with van der Waals surface area (Å²) < 4.78 is 5.28. The highest BCUT2D eigenvalue weighted by Crippen LogP contribution is 2.42. The van der Waals surface area contributed by atoms with Crippen LogP contribution in [0.3, 0.4) is 0 Å². The summed E-state index contributed by atoms with van der Waals surface area (Å²) in [6.45, 7) is 0. The number of rotatable bonds is 4. The Bertz CT molecular complexity index is 1350. The third-order valence-corrected chi connectivity index (χ3v) is 6.18. The van der Waals surface area contributed by atoms with Gasteiger partial charge in [-0.1, -0.05) is 48.5 Å². The highest BCUT2D eigenvalue weighted by atomic mass is 16.5. The molecule has 0 bridgehead atoms. The first-order valence-corrected chi connectivity index (χ1v) is 10.7. The van der Waals surface area contributed by atoms with Gasteiger partial charge in [0.1, 0.15) is 5.75 Å². The van der Waals surface area contributed by atoms with Gasteiger partial charge in [-0.3, -0.25) is 14.6 Å². The molecule has 2 amide bonds. The van der Waals surface area contributed by atoms with Crippen molar-refractivity contribution in [2.75, 3.05) is 19.5 Å². The number of aromatic nitrogens is 1. The lowest BCUT2D eigenvalue weighted by molar-refractivity contribution is -0.119. The van der Waals surface area contributed by atoms with Gasteiger partial charge >= 0.3 is 0 Å². The molecule has 0 radical (unpaired) electrons. The maximum absolute atomic E-state index is 13.7. The molecule has 6 heteroatoms. The monoisotopic (exact) mass is 437 g/mol. The Morgan fingerprint density at radius 2 is 1.73 bits per heavy atom. The number of likely N-dealkylation sites (N-methyl/N-ethyl adjacent to an activating group) is 1. The Balaban J connectivity index is 1.57. The van der Waals surface area contributed by atoms with Crippen LogP contribution in [0.1, 0.15) is 33.4 Å². The highest BCUT2D eigenvalue weighted by molar-refractivity contribution is 6.04. The summed E-state index contributed by atoms with van der Waals surface area (Å²) >= 11 is 0. The van der Waals surface area contributed by atoms with Gasteiger partial charge in [0.15, 0.2) is 0 Å². The van der Waals surface area contributed by atoms with E-state index in [1.165, 1.54) is 0 Å². The van der Waals surface area contributed by atoms with Crippen LogP contribution in [-0.2, 0) is 4.79 Å². The number of fused-ring (bicyclic) bond motifs is 2. The van der Waals surface area contributed by atoms with Gasteiger partial charge in [0.05, 0.1) is 36.5 Å². The second kappa shape index (κ2) is 8.39. The molecule has 0 aliphatic carbocycles. The number of benzene rings is 3. The lowest BCUT2D eigenvalue weighted by atomic mass is 9.79. The van der Waals surface area contributed by atoms with E-state index in [2.05, 4.69) is 10.3 Å². The van der Waals surface area contributed by atoms with Crippen LogP contribution >= 0.6 is 0 Å². The number of nitrogens with one attached hydrogen (secondary N) is 1. The van der Waals surface area contributed by atoms with Gasteiger partial charge in [-0.05, 0) is 41.5 Å². The number of methoxy groups -OCH3 is 1. The molecule has 1 aliphatic rings. The van der Waals surface area contributed by atoms with Crippen molar-refractivity contribution in [1.82, 2.24) is 9.88 Å². The van der Waals surface area contributed by atoms with Crippen molar-refractivity contribution in [2.45, 2.75) is 12.0 Å². The number of nitrogens with zero attached hydrogens (tertiary/aromatic N) is 2. The van der Waals surface area contributed by atoms with Crippen molar-refractivity contribution < 1.29 is 14.3 Å². The average molecular weight is 437 g/mol. The number of hydrogen-bond acceptors (Lipinski definition) is 4. The number of ether oxygens (including phenoxy) is 1. The number of anilines is 1. The number of para-hydroxylation sites is 1. The van der Waals surface area contributed by atoms with Gasteiger partial charge in [0, 0.05) is 18.0 Å². The van der Waals surface area contributed by atoms with Crippen molar-refractivity contribution in [3.63, 3.8) is 0 Å². The molecule has 4 aromatic rings. The zero-order valence-corrected chi connectivity index (χ0v) is 18.4. The van der Waals surface area contributed by atoms with Crippen molar-refractivity contribution >= 4 is 28.4 Å². The van der Waals surface area contributed by atoms with Gasteiger partial charge in [0.25, 0.3) is 5.91 Å². The molecular formula is C27H23N3O3. The Kier molecular flexibility index (Phi) is 5.26. The molecule has 0 spiro atoms. The lowest BCUT2D eigenvalue weighted by Crippen LogP contribution is -2.44. The van der Waals surface area contributed by atoms with Gasteiger partial charge in [-0.25, -0.2) is 0 Å². The summed E-state index contributed by atoms with van der Waals surface area (Å²) in [7, 11) is 3.35. The topological polar surface area (TPSA) is 71.5 Å². The molecule has 0 unspecified atom stereocenters. The van der Waals surface area contributed by atoms with E-state index in [4.69, 9.17) is 4.74 Å². The summed E-state index contributed by atoms with van der Waals surface area (Å²) in [6, 6.07) is 24.0. The van der Waals surface area contributed by atoms with E-state index in [9.17, 15) is 9.59 Å². The van der Waals surface area contributed by atoms with E-state index < -0.39 is 12.0 Å². The maximum Gasteiger partial charge on any atom is 0.254 e. The number of carbonyl (C=O) groups is 2. The van der Waals surface area contributed by atoms with Crippen molar-refractivity contribution in [3.8, 4) is 5.75 Å². The molecule has 2 heterocycles. The zero-order chi connectivity index (χ0) is 22.9. The van der Waals surface area contributed by atoms with Crippen molar-refractivity contribution in [3.05, 3.63) is 102 Å². The number of pyridine rings is 1. The number of hydrogen-bond donors (Lipinski definition) is 1. The van der Waals surface area contributed by atoms with Gasteiger partial charge in [-0.15, -0.1) is 0 Å². The minimum atomic E-state index is -0.594. The first-order valence-electron chi connectivity index (χ1n) is 10.7. The van der Waals surface area contributed by atoms with Crippen LogP contribution in [0.4, 0.5) is 5.69 Å². The molecule has 0 saturated heterocycles. The Labute approximate surface area is 191 Å². The van der Waals surface area contributed by atoms with E-state index in [-0.39, 0.29) is 11.8 Å². The molecule has 164 valence electrons. The van der Waals surface area contributed by atoms with Crippen LogP contribution in [0.2, 0.25) is 0 Å². The van der Waals surface area contributed by atoms with Crippen LogP contribution < -0.4 is 10.1 Å². The van der Waals surface area contributed by atoms with Crippen molar-refractivity contribution in [2.24, 2.45) is 0 Å². The summed E-state index contributed by atoms with van der Waals surface area (Å²) in [5, 5.41) is 3.98. The largest absolute Gasteiger partial charge is 0.497 e. The lowest BCUT2D eigenvalue weighted by Gasteiger charge is -2.39. The Hall–Kier alpha value is -4.19. The Morgan fingerprint density at radius 1 is 1.00 bits per heavy atom.